The molecule has 16 heavy (non-hydrogen) atoms. The van der Waals surface area contributed by atoms with Gasteiger partial charge in [-0.15, -0.1) is 0 Å². The summed E-state index contributed by atoms with van der Waals surface area (Å²) >= 11 is 1.93. The van der Waals surface area contributed by atoms with Gasteiger partial charge in [0.1, 0.15) is 5.82 Å². The van der Waals surface area contributed by atoms with Crippen LogP contribution in [0.4, 0.5) is 5.82 Å². The van der Waals surface area contributed by atoms with E-state index in [2.05, 4.69) is 17.2 Å². The highest BCUT2D eigenvalue weighted by atomic mass is 32.2. The molecule has 82 valence electrons. The number of thioether (sulfide) groups is 1. The Balaban J connectivity index is 2.15. The largest absolute Gasteiger partial charge is 0.382 e. The minimum Gasteiger partial charge on any atom is -0.382 e. The van der Waals surface area contributed by atoms with Crippen molar-refractivity contribution in [1.29, 1.82) is 0 Å². The Morgan fingerprint density at radius 3 is 2.88 bits per heavy atom. The van der Waals surface area contributed by atoms with E-state index in [0.717, 1.165) is 23.6 Å². The number of para-hydroxylation sites is 1. The summed E-state index contributed by atoms with van der Waals surface area (Å²) in [5.41, 5.74) is 9.56. The fourth-order valence-electron chi connectivity index (χ4n) is 2.04. The third kappa shape index (κ3) is 1.50. The molecule has 1 aromatic carbocycles. The van der Waals surface area contributed by atoms with Gasteiger partial charge in [0.2, 0.25) is 0 Å². The van der Waals surface area contributed by atoms with E-state index in [0.29, 0.717) is 5.82 Å². The molecule has 0 radical (unpaired) electrons. The number of benzene rings is 1. The zero-order chi connectivity index (χ0) is 11.0. The standard InChI is InChI=1S/C12H13N3S/c13-12-10-8-16-7-6-11(10)15(14-12)9-4-2-1-3-5-9/h1-5H,6-8H2,(H2,13,14). The minimum atomic E-state index is 0.686. The first-order valence-corrected chi connectivity index (χ1v) is 6.51. The topological polar surface area (TPSA) is 43.8 Å². The van der Waals surface area contributed by atoms with Gasteiger partial charge in [0, 0.05) is 11.3 Å². The number of aromatic nitrogens is 2. The zero-order valence-electron chi connectivity index (χ0n) is 8.89. The Morgan fingerprint density at radius 1 is 1.25 bits per heavy atom. The van der Waals surface area contributed by atoms with Crippen LogP contribution in [0.2, 0.25) is 0 Å². The maximum atomic E-state index is 5.95. The van der Waals surface area contributed by atoms with Gasteiger partial charge >= 0.3 is 0 Å². The SMILES string of the molecule is Nc1nn(-c2ccccc2)c2c1CSCC2. The lowest BCUT2D eigenvalue weighted by atomic mass is 10.2. The van der Waals surface area contributed by atoms with Crippen molar-refractivity contribution >= 4 is 17.6 Å². The van der Waals surface area contributed by atoms with E-state index in [1.807, 2.05) is 34.6 Å². The summed E-state index contributed by atoms with van der Waals surface area (Å²) in [6.07, 6.45) is 1.05. The number of rotatable bonds is 1. The summed E-state index contributed by atoms with van der Waals surface area (Å²) in [5.74, 6) is 2.84. The van der Waals surface area contributed by atoms with Crippen molar-refractivity contribution in [2.45, 2.75) is 12.2 Å². The molecule has 0 saturated heterocycles. The molecule has 0 bridgehead atoms. The maximum Gasteiger partial charge on any atom is 0.150 e. The molecule has 1 aromatic heterocycles. The zero-order valence-corrected chi connectivity index (χ0v) is 9.70. The van der Waals surface area contributed by atoms with Crippen LogP contribution in [0, 0.1) is 0 Å². The van der Waals surface area contributed by atoms with Crippen molar-refractivity contribution in [3.8, 4) is 5.69 Å². The van der Waals surface area contributed by atoms with Crippen LogP contribution >= 0.6 is 11.8 Å². The number of hydrogen-bond donors (Lipinski definition) is 1. The fraction of sp³-hybridized carbons (Fsp3) is 0.250. The molecule has 0 atom stereocenters. The number of hydrogen-bond acceptors (Lipinski definition) is 3. The predicted octanol–water partition coefficient (Wildman–Crippen LogP) is 2.24. The second kappa shape index (κ2) is 3.87. The van der Waals surface area contributed by atoms with Crippen molar-refractivity contribution in [3.63, 3.8) is 0 Å². The van der Waals surface area contributed by atoms with E-state index < -0.39 is 0 Å². The van der Waals surface area contributed by atoms with E-state index >= 15 is 0 Å². The first kappa shape index (κ1) is 9.78. The maximum absolute atomic E-state index is 5.95. The fourth-order valence-corrected chi connectivity index (χ4v) is 3.04. The van der Waals surface area contributed by atoms with E-state index in [4.69, 9.17) is 5.73 Å². The smallest absolute Gasteiger partial charge is 0.150 e. The van der Waals surface area contributed by atoms with Gasteiger partial charge in [0.05, 0.1) is 11.4 Å². The van der Waals surface area contributed by atoms with Gasteiger partial charge in [-0.2, -0.15) is 16.9 Å². The molecule has 0 saturated carbocycles. The van der Waals surface area contributed by atoms with E-state index in [9.17, 15) is 0 Å². The number of nitrogen functional groups attached to an aromatic ring is 1. The van der Waals surface area contributed by atoms with Crippen molar-refractivity contribution in [3.05, 3.63) is 41.6 Å². The molecule has 0 spiro atoms. The molecular formula is C12H13N3S. The summed E-state index contributed by atoms with van der Waals surface area (Å²) in [7, 11) is 0. The van der Waals surface area contributed by atoms with E-state index in [1.54, 1.807) is 0 Å². The highest BCUT2D eigenvalue weighted by Gasteiger charge is 2.19. The summed E-state index contributed by atoms with van der Waals surface area (Å²) in [4.78, 5) is 0. The van der Waals surface area contributed by atoms with Crippen LogP contribution in [0.3, 0.4) is 0 Å². The molecule has 3 rings (SSSR count). The lowest BCUT2D eigenvalue weighted by molar-refractivity contribution is 0.813. The average molecular weight is 231 g/mol. The van der Waals surface area contributed by atoms with Crippen LogP contribution in [-0.2, 0) is 12.2 Å². The van der Waals surface area contributed by atoms with Crippen molar-refractivity contribution < 1.29 is 0 Å². The molecule has 2 N–H and O–H groups in total. The molecule has 0 unspecified atom stereocenters. The minimum absolute atomic E-state index is 0.686. The number of anilines is 1. The van der Waals surface area contributed by atoms with E-state index in [1.165, 1.54) is 11.3 Å². The molecule has 2 heterocycles. The van der Waals surface area contributed by atoms with Crippen LogP contribution in [0.25, 0.3) is 5.69 Å². The Bertz CT molecular complexity index is 504. The summed E-state index contributed by atoms with van der Waals surface area (Å²) in [6, 6.07) is 10.2. The quantitative estimate of drug-likeness (QED) is 0.818. The Hall–Kier alpha value is -1.42. The third-order valence-electron chi connectivity index (χ3n) is 2.85. The molecule has 1 aliphatic heterocycles. The first-order chi connectivity index (χ1) is 7.86. The van der Waals surface area contributed by atoms with E-state index in [-0.39, 0.29) is 0 Å². The molecule has 0 fully saturated rings. The third-order valence-corrected chi connectivity index (χ3v) is 3.84. The van der Waals surface area contributed by atoms with Crippen molar-refractivity contribution in [2.24, 2.45) is 0 Å². The first-order valence-electron chi connectivity index (χ1n) is 5.35. The van der Waals surface area contributed by atoms with Gasteiger partial charge in [-0.3, -0.25) is 0 Å². The molecule has 0 aliphatic carbocycles. The Labute approximate surface area is 98.6 Å². The molecular weight excluding hydrogens is 218 g/mol. The lowest BCUT2D eigenvalue weighted by Gasteiger charge is -2.13. The van der Waals surface area contributed by atoms with Crippen LogP contribution in [0.15, 0.2) is 30.3 Å². The second-order valence-electron chi connectivity index (χ2n) is 3.86. The van der Waals surface area contributed by atoms with Gasteiger partial charge in [-0.25, -0.2) is 4.68 Å². The second-order valence-corrected chi connectivity index (χ2v) is 4.97. The Kier molecular flexibility index (Phi) is 2.36. The van der Waals surface area contributed by atoms with Gasteiger partial charge in [0.15, 0.2) is 0 Å². The monoisotopic (exact) mass is 231 g/mol. The van der Waals surface area contributed by atoms with Gasteiger partial charge < -0.3 is 5.73 Å². The van der Waals surface area contributed by atoms with Crippen LogP contribution < -0.4 is 5.73 Å². The molecule has 2 aromatic rings. The van der Waals surface area contributed by atoms with Crippen LogP contribution in [0.1, 0.15) is 11.3 Å². The van der Waals surface area contributed by atoms with Gasteiger partial charge in [-0.1, -0.05) is 18.2 Å². The van der Waals surface area contributed by atoms with Crippen LogP contribution in [-0.4, -0.2) is 15.5 Å². The van der Waals surface area contributed by atoms with Crippen molar-refractivity contribution in [2.75, 3.05) is 11.5 Å². The number of nitrogens with two attached hydrogens (primary N) is 1. The summed E-state index contributed by atoms with van der Waals surface area (Å²) in [5, 5.41) is 4.44. The molecule has 4 heteroatoms. The average Bonchev–Trinajstić information content (AvgIpc) is 2.69. The molecule has 1 aliphatic rings. The molecule has 3 nitrogen and oxygen atoms in total. The molecule has 0 amide bonds. The summed E-state index contributed by atoms with van der Waals surface area (Å²) in [6.45, 7) is 0. The highest BCUT2D eigenvalue weighted by Crippen LogP contribution is 2.30. The van der Waals surface area contributed by atoms with Crippen molar-refractivity contribution in [1.82, 2.24) is 9.78 Å². The Morgan fingerprint density at radius 2 is 2.06 bits per heavy atom. The van der Waals surface area contributed by atoms with Crippen LogP contribution in [0.5, 0.6) is 0 Å². The number of nitrogens with zero attached hydrogens (tertiary/aromatic N) is 2. The normalized spacial score (nSPS) is 14.8. The predicted molar refractivity (Wildman–Crippen MR) is 67.8 cm³/mol. The van der Waals surface area contributed by atoms with Gasteiger partial charge in [-0.05, 0) is 24.3 Å². The van der Waals surface area contributed by atoms with Gasteiger partial charge in [0.25, 0.3) is 0 Å². The number of fused-ring (bicyclic) bond motifs is 1. The highest BCUT2D eigenvalue weighted by molar-refractivity contribution is 7.98. The lowest BCUT2D eigenvalue weighted by Crippen LogP contribution is -2.07. The summed E-state index contributed by atoms with van der Waals surface area (Å²) < 4.78 is 1.99.